The highest BCUT2D eigenvalue weighted by atomic mass is 16.5. The molecule has 2 aromatic carbocycles. The Kier molecular flexibility index (Phi) is 5.79. The molecule has 7 nitrogen and oxygen atoms in total. The number of hydrogen-bond donors (Lipinski definition) is 1. The average molecular weight is 403 g/mol. The van der Waals surface area contributed by atoms with Gasteiger partial charge >= 0.3 is 6.03 Å². The molecule has 1 fully saturated rings. The van der Waals surface area contributed by atoms with Crippen molar-refractivity contribution in [2.24, 2.45) is 0 Å². The van der Waals surface area contributed by atoms with Crippen molar-refractivity contribution >= 4 is 17.5 Å². The average Bonchev–Trinajstić information content (AvgIpc) is 2.76. The summed E-state index contributed by atoms with van der Waals surface area (Å²) in [5.74, 6) is 2.73. The number of ether oxygens (including phenoxy) is 1. The molecule has 0 saturated carbocycles. The van der Waals surface area contributed by atoms with Crippen molar-refractivity contribution < 1.29 is 9.53 Å². The first kappa shape index (κ1) is 19.7. The summed E-state index contributed by atoms with van der Waals surface area (Å²) in [4.78, 5) is 25.4. The summed E-state index contributed by atoms with van der Waals surface area (Å²) in [5.41, 5.74) is 1.98. The second kappa shape index (κ2) is 8.82. The fourth-order valence-electron chi connectivity index (χ4n) is 3.33. The molecule has 30 heavy (non-hydrogen) atoms. The van der Waals surface area contributed by atoms with Gasteiger partial charge in [-0.3, -0.25) is 0 Å². The zero-order chi connectivity index (χ0) is 20.9. The lowest BCUT2D eigenvalue weighted by Gasteiger charge is -2.35. The van der Waals surface area contributed by atoms with Crippen LogP contribution < -0.4 is 15.0 Å². The molecule has 0 aliphatic carbocycles. The molecule has 0 unspecified atom stereocenters. The number of amides is 2. The van der Waals surface area contributed by atoms with E-state index in [0.717, 1.165) is 17.3 Å². The van der Waals surface area contributed by atoms with Gasteiger partial charge in [0.25, 0.3) is 0 Å². The smallest absolute Gasteiger partial charge is 0.321 e. The minimum Gasteiger partial charge on any atom is -0.439 e. The Morgan fingerprint density at radius 1 is 0.933 bits per heavy atom. The summed E-state index contributed by atoms with van der Waals surface area (Å²) in [6, 6.07) is 19.1. The molecule has 1 N–H and O–H groups in total. The third-order valence-corrected chi connectivity index (χ3v) is 4.96. The monoisotopic (exact) mass is 403 g/mol. The van der Waals surface area contributed by atoms with Crippen molar-refractivity contribution in [1.82, 2.24) is 14.9 Å². The summed E-state index contributed by atoms with van der Waals surface area (Å²) in [6.07, 6.45) is 0. The standard InChI is InChI=1S/C23H25N5O2/c1-17-8-10-20(11-9-17)30-22-16-21(24-18(2)25-22)27-12-14-28(15-13-27)23(29)26-19-6-4-3-5-7-19/h3-11,16H,12-15H2,1-2H3,(H,26,29). The van der Waals surface area contributed by atoms with E-state index in [1.165, 1.54) is 5.56 Å². The molecule has 7 heteroatoms. The first-order valence-corrected chi connectivity index (χ1v) is 10.0. The minimum absolute atomic E-state index is 0.0805. The van der Waals surface area contributed by atoms with Gasteiger partial charge in [-0.1, -0.05) is 35.9 Å². The largest absolute Gasteiger partial charge is 0.439 e. The van der Waals surface area contributed by atoms with Crippen LogP contribution in [0.1, 0.15) is 11.4 Å². The Morgan fingerprint density at radius 2 is 1.63 bits per heavy atom. The predicted octanol–water partition coefficient (Wildman–Crippen LogP) is 4.24. The quantitative estimate of drug-likeness (QED) is 0.706. The van der Waals surface area contributed by atoms with Crippen molar-refractivity contribution in [3.63, 3.8) is 0 Å². The van der Waals surface area contributed by atoms with Crippen LogP contribution in [0.4, 0.5) is 16.3 Å². The van der Waals surface area contributed by atoms with E-state index in [-0.39, 0.29) is 6.03 Å². The molecule has 0 bridgehead atoms. The zero-order valence-electron chi connectivity index (χ0n) is 17.2. The number of carbonyl (C=O) groups is 1. The van der Waals surface area contributed by atoms with E-state index in [1.807, 2.05) is 79.4 Å². The molecule has 0 spiro atoms. The fourth-order valence-corrected chi connectivity index (χ4v) is 3.33. The molecular formula is C23H25N5O2. The highest BCUT2D eigenvalue weighted by Gasteiger charge is 2.22. The van der Waals surface area contributed by atoms with Crippen LogP contribution in [-0.4, -0.2) is 47.1 Å². The molecule has 0 atom stereocenters. The van der Waals surface area contributed by atoms with E-state index in [4.69, 9.17) is 4.74 Å². The van der Waals surface area contributed by atoms with Crippen LogP contribution in [0.5, 0.6) is 11.6 Å². The highest BCUT2D eigenvalue weighted by molar-refractivity contribution is 5.89. The second-order valence-electron chi connectivity index (χ2n) is 7.30. The van der Waals surface area contributed by atoms with E-state index in [9.17, 15) is 4.79 Å². The first-order chi connectivity index (χ1) is 14.6. The van der Waals surface area contributed by atoms with E-state index in [0.29, 0.717) is 37.9 Å². The summed E-state index contributed by atoms with van der Waals surface area (Å²) in [5, 5.41) is 2.94. The number of aromatic nitrogens is 2. The number of nitrogens with zero attached hydrogens (tertiary/aromatic N) is 4. The molecule has 1 saturated heterocycles. The molecule has 4 rings (SSSR count). The lowest BCUT2D eigenvalue weighted by Crippen LogP contribution is -2.50. The Labute approximate surface area is 176 Å². The van der Waals surface area contributed by atoms with E-state index < -0.39 is 0 Å². The molecule has 1 aliphatic heterocycles. The van der Waals surface area contributed by atoms with Crippen molar-refractivity contribution in [3.05, 3.63) is 72.1 Å². The van der Waals surface area contributed by atoms with E-state index in [1.54, 1.807) is 0 Å². The number of aryl methyl sites for hydroxylation is 2. The van der Waals surface area contributed by atoms with Crippen LogP contribution in [0.15, 0.2) is 60.7 Å². The summed E-state index contributed by atoms with van der Waals surface area (Å²) in [7, 11) is 0. The Balaban J connectivity index is 1.38. The van der Waals surface area contributed by atoms with Crippen LogP contribution in [0, 0.1) is 13.8 Å². The SMILES string of the molecule is Cc1ccc(Oc2cc(N3CCN(C(=O)Nc4ccccc4)CC3)nc(C)n2)cc1. The molecule has 2 heterocycles. The van der Waals surface area contributed by atoms with Gasteiger partial charge in [0.1, 0.15) is 17.4 Å². The number of nitrogens with one attached hydrogen (secondary N) is 1. The Bertz CT molecular complexity index is 1000. The Morgan fingerprint density at radius 3 is 2.33 bits per heavy atom. The van der Waals surface area contributed by atoms with Gasteiger partial charge in [0.15, 0.2) is 0 Å². The highest BCUT2D eigenvalue weighted by Crippen LogP contribution is 2.24. The van der Waals surface area contributed by atoms with Crippen molar-refractivity contribution in [3.8, 4) is 11.6 Å². The minimum atomic E-state index is -0.0805. The van der Waals surface area contributed by atoms with Crippen molar-refractivity contribution in [2.75, 3.05) is 36.4 Å². The van der Waals surface area contributed by atoms with Gasteiger partial charge in [-0.2, -0.15) is 4.98 Å². The first-order valence-electron chi connectivity index (χ1n) is 10.0. The van der Waals surface area contributed by atoms with Gasteiger partial charge in [0.2, 0.25) is 5.88 Å². The fraction of sp³-hybridized carbons (Fsp3) is 0.261. The number of carbonyl (C=O) groups excluding carboxylic acids is 1. The second-order valence-corrected chi connectivity index (χ2v) is 7.30. The topological polar surface area (TPSA) is 70.6 Å². The Hall–Kier alpha value is -3.61. The maximum Gasteiger partial charge on any atom is 0.321 e. The number of benzene rings is 2. The number of para-hydroxylation sites is 1. The van der Waals surface area contributed by atoms with Crippen LogP contribution in [0.2, 0.25) is 0 Å². The molecule has 1 aliphatic rings. The molecule has 0 radical (unpaired) electrons. The number of rotatable bonds is 4. The number of anilines is 2. The molecule has 1 aromatic heterocycles. The summed E-state index contributed by atoms with van der Waals surface area (Å²) >= 11 is 0. The number of hydrogen-bond acceptors (Lipinski definition) is 5. The normalized spacial score (nSPS) is 13.8. The van der Waals surface area contributed by atoms with Crippen LogP contribution in [0.25, 0.3) is 0 Å². The predicted molar refractivity (Wildman–Crippen MR) is 117 cm³/mol. The van der Waals surface area contributed by atoms with Crippen LogP contribution >= 0.6 is 0 Å². The molecular weight excluding hydrogens is 378 g/mol. The molecule has 3 aromatic rings. The lowest BCUT2D eigenvalue weighted by molar-refractivity contribution is 0.208. The number of urea groups is 1. The lowest BCUT2D eigenvalue weighted by atomic mass is 10.2. The van der Waals surface area contributed by atoms with Crippen molar-refractivity contribution in [2.45, 2.75) is 13.8 Å². The summed E-state index contributed by atoms with van der Waals surface area (Å²) in [6.45, 7) is 6.53. The number of piperazine rings is 1. The maximum atomic E-state index is 12.5. The van der Waals surface area contributed by atoms with Gasteiger partial charge in [-0.05, 0) is 38.1 Å². The summed E-state index contributed by atoms with van der Waals surface area (Å²) < 4.78 is 5.92. The maximum absolute atomic E-state index is 12.5. The van der Waals surface area contributed by atoms with Gasteiger partial charge in [-0.15, -0.1) is 0 Å². The zero-order valence-corrected chi connectivity index (χ0v) is 17.2. The van der Waals surface area contributed by atoms with E-state index in [2.05, 4.69) is 20.2 Å². The van der Waals surface area contributed by atoms with Gasteiger partial charge < -0.3 is 19.9 Å². The van der Waals surface area contributed by atoms with Gasteiger partial charge in [-0.25, -0.2) is 9.78 Å². The third kappa shape index (κ3) is 4.86. The van der Waals surface area contributed by atoms with Crippen LogP contribution in [0.3, 0.4) is 0 Å². The van der Waals surface area contributed by atoms with Crippen molar-refractivity contribution in [1.29, 1.82) is 0 Å². The van der Waals surface area contributed by atoms with Gasteiger partial charge in [0, 0.05) is 37.9 Å². The van der Waals surface area contributed by atoms with Gasteiger partial charge in [0.05, 0.1) is 0 Å². The molecule has 154 valence electrons. The molecule has 2 amide bonds. The van der Waals surface area contributed by atoms with E-state index >= 15 is 0 Å². The van der Waals surface area contributed by atoms with Crippen LogP contribution in [-0.2, 0) is 0 Å². The third-order valence-electron chi connectivity index (χ3n) is 4.96.